The van der Waals surface area contributed by atoms with E-state index in [0.717, 1.165) is 17.0 Å². The molecule has 0 aromatic heterocycles. The van der Waals surface area contributed by atoms with Crippen LogP contribution in [-0.4, -0.2) is 84.0 Å². The molecule has 0 aliphatic carbocycles. The van der Waals surface area contributed by atoms with Crippen LogP contribution in [0.2, 0.25) is 5.02 Å². The molecular weight excluding hydrogens is 599 g/mol. The van der Waals surface area contributed by atoms with E-state index < -0.39 is 60.4 Å². The summed E-state index contributed by atoms with van der Waals surface area (Å²) in [5.41, 5.74) is 0.948. The number of nitrogens with zero attached hydrogens (tertiary/aromatic N) is 2. The maximum Gasteiger partial charge on any atom is 0.471 e. The van der Waals surface area contributed by atoms with Crippen molar-refractivity contribution >= 4 is 35.2 Å². The van der Waals surface area contributed by atoms with E-state index in [1.165, 1.54) is 17.0 Å². The van der Waals surface area contributed by atoms with Crippen LogP contribution in [0.1, 0.15) is 30.9 Å². The Hall–Kier alpha value is -3.74. The van der Waals surface area contributed by atoms with Crippen molar-refractivity contribution in [2.45, 2.75) is 56.9 Å². The Morgan fingerprint density at radius 2 is 1.60 bits per heavy atom. The zero-order valence-electron chi connectivity index (χ0n) is 23.3. The number of carbonyl (C=O) groups is 4. The predicted octanol–water partition coefficient (Wildman–Crippen LogP) is 3.61. The number of hydrogen-bond donors (Lipinski definition) is 2. The number of benzene rings is 2. The lowest BCUT2D eigenvalue weighted by Crippen LogP contribution is -2.66. The van der Waals surface area contributed by atoms with E-state index in [0.29, 0.717) is 17.0 Å². The molecule has 0 bridgehead atoms. The second kappa shape index (κ2) is 15.1. The Morgan fingerprint density at radius 1 is 1.00 bits per heavy atom. The molecule has 234 valence electrons. The molecule has 8 nitrogen and oxygen atoms in total. The first-order chi connectivity index (χ1) is 20.3. The molecule has 1 aliphatic heterocycles. The summed E-state index contributed by atoms with van der Waals surface area (Å²) in [6.45, 7) is 0.348. The summed E-state index contributed by atoms with van der Waals surface area (Å²) in [4.78, 5) is 54.9. The summed E-state index contributed by atoms with van der Waals surface area (Å²) >= 11 is 5.96. The fourth-order valence-corrected chi connectivity index (χ4v) is 5.03. The van der Waals surface area contributed by atoms with Crippen LogP contribution >= 0.6 is 11.6 Å². The molecule has 3 unspecified atom stereocenters. The lowest BCUT2D eigenvalue weighted by molar-refractivity contribution is -0.175. The van der Waals surface area contributed by atoms with Gasteiger partial charge in [-0.15, -0.1) is 0 Å². The number of piperazine rings is 1. The van der Waals surface area contributed by atoms with Gasteiger partial charge in [-0.05, 0) is 41.8 Å². The SMILES string of the molecule is CCCC1C(=O)N(C(Cc2ccc(Cl)cc2)C(=O)NCCF)CCN1C(=O)C(Cc1ccc(F)cc1)NC(=O)C(F)(F)F. The zero-order chi connectivity index (χ0) is 31.7. The second-order valence-corrected chi connectivity index (χ2v) is 10.5. The van der Waals surface area contributed by atoms with Gasteiger partial charge in [0, 0.05) is 37.5 Å². The minimum Gasteiger partial charge on any atom is -0.352 e. The third kappa shape index (κ3) is 9.12. The van der Waals surface area contributed by atoms with E-state index in [4.69, 9.17) is 11.6 Å². The second-order valence-electron chi connectivity index (χ2n) is 10.0. The topological polar surface area (TPSA) is 98.8 Å². The van der Waals surface area contributed by atoms with Crippen LogP contribution < -0.4 is 10.6 Å². The lowest BCUT2D eigenvalue weighted by atomic mass is 9.97. The van der Waals surface area contributed by atoms with E-state index >= 15 is 0 Å². The molecule has 3 atom stereocenters. The van der Waals surface area contributed by atoms with Crippen LogP contribution in [0.15, 0.2) is 48.5 Å². The zero-order valence-corrected chi connectivity index (χ0v) is 24.1. The van der Waals surface area contributed by atoms with E-state index in [2.05, 4.69) is 5.32 Å². The third-order valence-corrected chi connectivity index (χ3v) is 7.25. The molecular formula is C29H32ClF5N4O4. The highest BCUT2D eigenvalue weighted by Crippen LogP contribution is 2.24. The molecule has 2 aromatic carbocycles. The highest BCUT2D eigenvalue weighted by atomic mass is 35.5. The Balaban J connectivity index is 1.90. The highest BCUT2D eigenvalue weighted by molar-refractivity contribution is 6.30. The normalized spacial score (nSPS) is 16.9. The van der Waals surface area contributed by atoms with Gasteiger partial charge in [0.2, 0.25) is 17.7 Å². The maximum absolute atomic E-state index is 13.8. The summed E-state index contributed by atoms with van der Waals surface area (Å²) in [7, 11) is 0. The van der Waals surface area contributed by atoms with Gasteiger partial charge >= 0.3 is 12.1 Å². The van der Waals surface area contributed by atoms with Crippen LogP contribution in [0.5, 0.6) is 0 Å². The van der Waals surface area contributed by atoms with Gasteiger partial charge in [-0.25, -0.2) is 8.78 Å². The average Bonchev–Trinajstić information content (AvgIpc) is 2.96. The first kappa shape index (κ1) is 33.8. The molecule has 3 rings (SSSR count). The lowest BCUT2D eigenvalue weighted by Gasteiger charge is -2.44. The molecule has 1 fully saturated rings. The molecule has 43 heavy (non-hydrogen) atoms. The van der Waals surface area contributed by atoms with Gasteiger partial charge in [0.25, 0.3) is 0 Å². The summed E-state index contributed by atoms with van der Waals surface area (Å²) < 4.78 is 65.7. The minimum atomic E-state index is -5.28. The molecule has 0 saturated carbocycles. The fraction of sp³-hybridized carbons (Fsp3) is 0.448. The molecule has 2 aromatic rings. The Labute approximate surface area is 250 Å². The van der Waals surface area contributed by atoms with Crippen molar-refractivity contribution < 1.29 is 41.1 Å². The predicted molar refractivity (Wildman–Crippen MR) is 148 cm³/mol. The van der Waals surface area contributed by atoms with E-state index in [1.54, 1.807) is 36.5 Å². The third-order valence-electron chi connectivity index (χ3n) is 7.00. The number of carbonyl (C=O) groups excluding carboxylic acids is 4. The summed E-state index contributed by atoms with van der Waals surface area (Å²) in [5.74, 6) is -5.08. The molecule has 14 heteroatoms. The molecule has 2 N–H and O–H groups in total. The van der Waals surface area contributed by atoms with Crippen molar-refractivity contribution in [1.29, 1.82) is 0 Å². The Morgan fingerprint density at radius 3 is 2.19 bits per heavy atom. The average molecular weight is 631 g/mol. The van der Waals surface area contributed by atoms with Gasteiger partial charge in [0.15, 0.2) is 0 Å². The Kier molecular flexibility index (Phi) is 11.9. The van der Waals surface area contributed by atoms with Gasteiger partial charge in [-0.1, -0.05) is 49.2 Å². The first-order valence-electron chi connectivity index (χ1n) is 13.7. The van der Waals surface area contributed by atoms with Crippen LogP contribution in [0.4, 0.5) is 22.0 Å². The van der Waals surface area contributed by atoms with Crippen LogP contribution in [-0.2, 0) is 32.0 Å². The van der Waals surface area contributed by atoms with Gasteiger partial charge in [0.1, 0.15) is 30.6 Å². The number of hydrogen-bond acceptors (Lipinski definition) is 4. The molecule has 4 amide bonds. The van der Waals surface area contributed by atoms with Gasteiger partial charge < -0.3 is 20.4 Å². The fourth-order valence-electron chi connectivity index (χ4n) is 4.91. The minimum absolute atomic E-state index is 0.0582. The number of halogens is 6. The molecule has 1 aliphatic rings. The first-order valence-corrected chi connectivity index (χ1v) is 14.0. The van der Waals surface area contributed by atoms with Crippen LogP contribution in [0, 0.1) is 5.82 Å². The van der Waals surface area contributed by atoms with Gasteiger partial charge in [-0.3, -0.25) is 19.2 Å². The van der Waals surface area contributed by atoms with Crippen LogP contribution in [0.3, 0.4) is 0 Å². The molecule has 0 spiro atoms. The summed E-state index contributed by atoms with van der Waals surface area (Å²) in [6.07, 6.45) is -5.08. The number of rotatable bonds is 12. The van der Waals surface area contributed by atoms with Crippen molar-refractivity contribution in [3.8, 4) is 0 Å². The monoisotopic (exact) mass is 630 g/mol. The largest absolute Gasteiger partial charge is 0.471 e. The van der Waals surface area contributed by atoms with Crippen molar-refractivity contribution in [3.63, 3.8) is 0 Å². The smallest absolute Gasteiger partial charge is 0.352 e. The number of nitrogens with one attached hydrogen (secondary N) is 2. The van der Waals surface area contributed by atoms with Crippen molar-refractivity contribution in [2.24, 2.45) is 0 Å². The van der Waals surface area contributed by atoms with Gasteiger partial charge in [0.05, 0.1) is 0 Å². The molecule has 1 heterocycles. The van der Waals surface area contributed by atoms with Crippen molar-refractivity contribution in [2.75, 3.05) is 26.3 Å². The standard InChI is InChI=1S/C29H32ClF5N4O4/c1-2-3-23-27(42)39(24(25(40)36-13-12-31)17-19-4-8-20(30)9-5-19)15-14-38(23)26(41)22(37-28(43)29(33,34)35)16-18-6-10-21(32)11-7-18/h4-11,22-24H,2-3,12-17H2,1H3,(H,36,40)(H,37,43). The number of amides is 4. The van der Waals surface area contributed by atoms with Crippen molar-refractivity contribution in [1.82, 2.24) is 20.4 Å². The maximum atomic E-state index is 13.8. The van der Waals surface area contributed by atoms with Gasteiger partial charge in [-0.2, -0.15) is 13.2 Å². The summed E-state index contributed by atoms with van der Waals surface area (Å²) in [5, 5.41) is 4.64. The van der Waals surface area contributed by atoms with E-state index in [1.807, 2.05) is 0 Å². The quantitative estimate of drug-likeness (QED) is 0.350. The molecule has 0 radical (unpaired) electrons. The van der Waals surface area contributed by atoms with Crippen molar-refractivity contribution in [3.05, 3.63) is 70.5 Å². The molecule has 1 saturated heterocycles. The summed E-state index contributed by atoms with van der Waals surface area (Å²) in [6, 6.07) is 7.34. The van der Waals surface area contributed by atoms with Crippen LogP contribution in [0.25, 0.3) is 0 Å². The highest BCUT2D eigenvalue weighted by Gasteiger charge is 2.45. The Bertz CT molecular complexity index is 1280. The van der Waals surface area contributed by atoms with E-state index in [9.17, 15) is 41.1 Å². The number of alkyl halides is 4. The van der Waals surface area contributed by atoms with E-state index in [-0.39, 0.29) is 44.5 Å².